The summed E-state index contributed by atoms with van der Waals surface area (Å²) in [6.45, 7) is 0. The van der Waals surface area contributed by atoms with Crippen LogP contribution < -0.4 is 0 Å². The van der Waals surface area contributed by atoms with Crippen molar-refractivity contribution in [3.05, 3.63) is 34.4 Å². The van der Waals surface area contributed by atoms with Crippen LogP contribution in [0.3, 0.4) is 0 Å². The van der Waals surface area contributed by atoms with Crippen molar-refractivity contribution < 1.29 is 105 Å². The smallest absolute Gasteiger partial charge is 0.283 e. The molecule has 1 rings (SSSR count). The molecule has 0 spiro atoms. The van der Waals surface area contributed by atoms with E-state index >= 15 is 0 Å². The van der Waals surface area contributed by atoms with E-state index in [-0.39, 0.29) is 65.4 Å². The van der Waals surface area contributed by atoms with Gasteiger partial charge in [0, 0.05) is 65.4 Å². The third-order valence-corrected chi connectivity index (χ3v) is 1.84. The molecule has 20 heavy (non-hydrogen) atoms. The van der Waals surface area contributed by atoms with Gasteiger partial charge in [0.2, 0.25) is 23.9 Å². The number of carboxylic acid groups (broad SMARTS) is 4. The standard InChI is InChI=1S/C10H4O8.2Y/c11-7(12)3-1-4(8(13)14)6(10(17)18)2-5(3)9(15)16;;/h(H,11,12)(H,13,14)(H,15,16)(H,17,18);;/q-2;;/i/hD2. The summed E-state index contributed by atoms with van der Waals surface area (Å²) in [6, 6.07) is 3.68. The molecule has 0 aliphatic rings. The van der Waals surface area contributed by atoms with Crippen LogP contribution in [0.5, 0.6) is 0 Å². The van der Waals surface area contributed by atoms with Crippen LogP contribution >= 0.6 is 0 Å². The van der Waals surface area contributed by atoms with E-state index in [1.54, 1.807) is 0 Å². The summed E-state index contributed by atoms with van der Waals surface area (Å²) in [7, 11) is 0. The van der Waals surface area contributed by atoms with Gasteiger partial charge in [0.15, 0.2) is 0 Å². The fourth-order valence-corrected chi connectivity index (χ4v) is 1.13. The summed E-state index contributed by atoms with van der Waals surface area (Å²) in [5.41, 5.74) is -3.67. The Hall–Kier alpha value is -0.692. The molecule has 1 aromatic rings. The van der Waals surface area contributed by atoms with Crippen molar-refractivity contribution in [2.45, 2.75) is 0 Å². The maximum absolute atomic E-state index is 11.2. The Bertz CT molecular complexity index is 570. The van der Waals surface area contributed by atoms with E-state index in [4.69, 9.17) is 13.1 Å². The van der Waals surface area contributed by atoms with Crippen molar-refractivity contribution in [1.82, 2.24) is 0 Å². The second-order valence-corrected chi connectivity index (χ2v) is 2.94. The molecule has 8 nitrogen and oxygen atoms in total. The maximum atomic E-state index is 11.2. The van der Waals surface area contributed by atoms with Gasteiger partial charge in [-0.1, -0.05) is 0 Å². The molecule has 0 atom stereocenters. The Kier molecular flexibility index (Phi) is 7.43. The van der Waals surface area contributed by atoms with Gasteiger partial charge in [-0.25, -0.2) is 0 Å². The van der Waals surface area contributed by atoms with Crippen molar-refractivity contribution in [1.29, 1.82) is 2.86 Å². The number of carboxylic acids is 4. The van der Waals surface area contributed by atoms with Crippen LogP contribution in [0, 0.1) is 12.1 Å². The van der Waals surface area contributed by atoms with E-state index in [0.717, 1.165) is 0 Å². The van der Waals surface area contributed by atoms with Gasteiger partial charge in [-0.3, -0.25) is 0 Å². The van der Waals surface area contributed by atoms with E-state index in [2.05, 4.69) is 10.2 Å². The molecule has 0 unspecified atom stereocenters. The van der Waals surface area contributed by atoms with Gasteiger partial charge in [0.1, 0.15) is 0 Å². The summed E-state index contributed by atoms with van der Waals surface area (Å²) in [4.78, 5) is 44.2. The molecule has 0 saturated carbocycles. The molecule has 0 fully saturated rings. The molecule has 0 heterocycles. The summed E-state index contributed by atoms with van der Waals surface area (Å²) in [6.07, 6.45) is 0. The number of carbonyl (C=O) groups is 4. The van der Waals surface area contributed by atoms with Crippen LogP contribution in [0.15, 0.2) is 0 Å². The average Bonchev–Trinajstić information content (AvgIpc) is 2.43. The molecule has 10 heteroatoms. The predicted octanol–water partition coefficient (Wildman–Crippen LogP) is 0.0748. The van der Waals surface area contributed by atoms with Crippen LogP contribution in [-0.2, 0) is 65.4 Å². The molecule has 0 bridgehead atoms. The van der Waals surface area contributed by atoms with E-state index in [0.29, 0.717) is 0 Å². The fraction of sp³-hybridized carbons (Fsp3) is 0. The van der Waals surface area contributed by atoms with Crippen LogP contribution in [-0.4, -0.2) is 44.3 Å². The van der Waals surface area contributed by atoms with Crippen LogP contribution in [0.4, 0.5) is 0 Å². The minimum Gasteiger partial charge on any atom is -0.518 e. The topological polar surface area (TPSA) is 149 Å². The van der Waals surface area contributed by atoms with Crippen LogP contribution in [0.1, 0.15) is 41.4 Å². The van der Waals surface area contributed by atoms with Gasteiger partial charge in [0.05, 0.1) is 0 Å². The van der Waals surface area contributed by atoms with E-state index in [9.17, 15) is 19.2 Å². The van der Waals surface area contributed by atoms with Crippen molar-refractivity contribution in [2.75, 3.05) is 0 Å². The normalized spacial score (nSPS) is 9.80. The zero-order valence-electron chi connectivity index (χ0n) is 11.5. The summed E-state index contributed by atoms with van der Waals surface area (Å²) >= 11 is 0. The Morgan fingerprint density at radius 3 is 1.15 bits per heavy atom. The van der Waals surface area contributed by atoms with Crippen molar-refractivity contribution in [3.63, 3.8) is 0 Å². The molecule has 2 radical (unpaired) electrons. The van der Waals surface area contributed by atoms with Crippen LogP contribution in [0.2, 0.25) is 0 Å². The zero-order chi connectivity index (χ0) is 15.4. The predicted molar refractivity (Wildman–Crippen MR) is 52.0 cm³/mol. The molecule has 100 valence electrons. The minimum atomic E-state index is -1.74. The minimum absolute atomic E-state index is 0. The molecular formula is C10H4O8Y2-2. The van der Waals surface area contributed by atoms with Gasteiger partial charge in [-0.05, 0) is 0 Å². The molecular weight excluding hydrogens is 426 g/mol. The number of hydrogen-bond acceptors (Lipinski definition) is 6. The average molecular weight is 432 g/mol. The first-order chi connectivity index (χ1) is 9.33. The molecule has 4 N–H and O–H groups in total. The Labute approximate surface area is 164 Å². The zero-order valence-corrected chi connectivity index (χ0v) is 15.2. The first kappa shape index (κ1) is 17.4. The number of aromatic carboxylic acids is 4. The third-order valence-electron chi connectivity index (χ3n) is 1.84. The van der Waals surface area contributed by atoms with Gasteiger partial charge >= 0.3 is 0 Å². The first-order valence-corrected chi connectivity index (χ1v) is 4.17. The SMILES string of the molecule is [2H]OC(=O)c1[c-]c(C(=O)O[2H])c(C(=O)O)[c-]c1C(=O)O.[Y].[Y]. The maximum Gasteiger partial charge on any atom is 0.283 e. The fourth-order valence-electron chi connectivity index (χ4n) is 1.13. The summed E-state index contributed by atoms with van der Waals surface area (Å²) in [5.74, 6) is -6.46. The quantitative estimate of drug-likeness (QED) is 0.489. The third kappa shape index (κ3) is 4.70. The molecule has 0 aliphatic heterocycles. The molecule has 0 amide bonds. The second-order valence-electron chi connectivity index (χ2n) is 2.94. The van der Waals surface area contributed by atoms with Gasteiger partial charge in [-0.15, -0.1) is 22.3 Å². The number of hydrogen-bond donors (Lipinski definition) is 4. The second kappa shape index (κ2) is 8.56. The Morgan fingerprint density at radius 2 is 0.950 bits per heavy atom. The van der Waals surface area contributed by atoms with Crippen molar-refractivity contribution in [3.8, 4) is 0 Å². The summed E-state index contributed by atoms with van der Waals surface area (Å²) in [5, 5.41) is 24.8. The Balaban J connectivity index is 0. The van der Waals surface area contributed by atoms with E-state index in [1.807, 2.05) is 12.1 Å². The summed E-state index contributed by atoms with van der Waals surface area (Å²) < 4.78 is 12.8. The van der Waals surface area contributed by atoms with Gasteiger partial charge in [0.25, 0.3) is 2.86 Å². The van der Waals surface area contributed by atoms with E-state index < -0.39 is 46.1 Å². The first-order valence-electron chi connectivity index (χ1n) is 4.99. The monoisotopic (exact) mass is 432 g/mol. The van der Waals surface area contributed by atoms with Crippen LogP contribution in [0.25, 0.3) is 2.86 Å². The molecule has 0 aromatic heterocycles. The number of benzene rings is 1. The number of rotatable bonds is 4. The van der Waals surface area contributed by atoms with E-state index in [1.165, 1.54) is 0 Å². The molecule has 0 aliphatic carbocycles. The van der Waals surface area contributed by atoms with Crippen molar-refractivity contribution >= 4 is 23.9 Å². The Morgan fingerprint density at radius 1 is 0.700 bits per heavy atom. The van der Waals surface area contributed by atoms with Gasteiger partial charge in [-0.2, -0.15) is 12.1 Å². The molecule has 1 aromatic carbocycles. The largest absolute Gasteiger partial charge is 0.518 e. The van der Waals surface area contributed by atoms with Crippen molar-refractivity contribution in [2.24, 2.45) is 0 Å². The van der Waals surface area contributed by atoms with Gasteiger partial charge < -0.3 is 39.6 Å². The molecule has 0 saturated heterocycles.